The lowest BCUT2D eigenvalue weighted by atomic mass is 10.0. The van der Waals surface area contributed by atoms with Crippen LogP contribution in [0.25, 0.3) is 0 Å². The number of anilines is 2. The van der Waals surface area contributed by atoms with Crippen molar-refractivity contribution in [3.63, 3.8) is 0 Å². The Morgan fingerprint density at radius 1 is 1.00 bits per heavy atom. The number of hydrogen-bond acceptors (Lipinski definition) is 3. The van der Waals surface area contributed by atoms with E-state index in [0.29, 0.717) is 16.9 Å². The number of aliphatic carboxylic acids is 1. The van der Waals surface area contributed by atoms with E-state index in [-0.39, 0.29) is 4.99 Å². The molecule has 2 aromatic carbocycles. The first kappa shape index (κ1) is 13.4. The number of rotatable bonds is 2. The van der Waals surface area contributed by atoms with Crippen molar-refractivity contribution in [1.29, 1.82) is 0 Å². The minimum atomic E-state index is -2.64. The Balaban J connectivity index is 2.33. The van der Waals surface area contributed by atoms with Crippen LogP contribution in [0.15, 0.2) is 54.6 Å². The van der Waals surface area contributed by atoms with Crippen LogP contribution in [0.5, 0.6) is 0 Å². The summed E-state index contributed by atoms with van der Waals surface area (Å²) in [6.07, 6.45) is 0. The SMILES string of the molecule is O=C(O)C1C(=S(=O)=O)N(c2ccccc2)c2ccccc21. The number of fused-ring (bicyclic) bond motifs is 1. The molecule has 21 heavy (non-hydrogen) atoms. The van der Waals surface area contributed by atoms with Crippen molar-refractivity contribution in [3.8, 4) is 0 Å². The Labute approximate surface area is 122 Å². The highest BCUT2D eigenvalue weighted by molar-refractivity contribution is 7.73. The summed E-state index contributed by atoms with van der Waals surface area (Å²) in [5.41, 5.74) is 1.68. The molecule has 1 N–H and O–H groups in total. The number of hydrogen-bond donors (Lipinski definition) is 1. The maximum atomic E-state index is 11.6. The Hall–Kier alpha value is -2.60. The van der Waals surface area contributed by atoms with Gasteiger partial charge in [0.15, 0.2) is 4.99 Å². The second-order valence-electron chi connectivity index (χ2n) is 4.57. The normalized spacial score (nSPS) is 16.7. The summed E-state index contributed by atoms with van der Waals surface area (Å²) in [4.78, 5) is 12.9. The molecule has 0 saturated carbocycles. The third kappa shape index (κ3) is 2.09. The van der Waals surface area contributed by atoms with E-state index in [2.05, 4.69) is 0 Å². The zero-order valence-corrected chi connectivity index (χ0v) is 11.6. The van der Waals surface area contributed by atoms with Crippen LogP contribution in [0.2, 0.25) is 0 Å². The van der Waals surface area contributed by atoms with Gasteiger partial charge in [-0.25, -0.2) is 0 Å². The Kier molecular flexibility index (Phi) is 3.23. The zero-order chi connectivity index (χ0) is 15.0. The summed E-state index contributed by atoms with van der Waals surface area (Å²) in [6.45, 7) is 0. The molecule has 1 unspecified atom stereocenters. The van der Waals surface area contributed by atoms with Gasteiger partial charge in [0.25, 0.3) is 0 Å². The van der Waals surface area contributed by atoms with Gasteiger partial charge in [-0.05, 0) is 23.8 Å². The van der Waals surface area contributed by atoms with Gasteiger partial charge in [0.1, 0.15) is 5.92 Å². The van der Waals surface area contributed by atoms with Crippen molar-refractivity contribution < 1.29 is 18.3 Å². The molecule has 6 heteroatoms. The van der Waals surface area contributed by atoms with Crippen LogP contribution < -0.4 is 4.90 Å². The lowest BCUT2D eigenvalue weighted by molar-refractivity contribution is -0.136. The second kappa shape index (κ2) is 5.06. The minimum Gasteiger partial charge on any atom is -0.480 e. The summed E-state index contributed by atoms with van der Waals surface area (Å²) in [5, 5.41) is 9.42. The van der Waals surface area contributed by atoms with Crippen LogP contribution in [0.1, 0.15) is 11.5 Å². The summed E-state index contributed by atoms with van der Waals surface area (Å²) >= 11 is 0. The second-order valence-corrected chi connectivity index (χ2v) is 5.46. The number of benzene rings is 2. The van der Waals surface area contributed by atoms with Crippen LogP contribution >= 0.6 is 0 Å². The topological polar surface area (TPSA) is 74.7 Å². The first-order chi connectivity index (χ1) is 10.1. The molecule has 0 spiro atoms. The lowest BCUT2D eigenvalue weighted by Crippen LogP contribution is -2.28. The average Bonchev–Trinajstić information content (AvgIpc) is 2.83. The molecule has 106 valence electrons. The molecule has 3 rings (SSSR count). The molecule has 1 aliphatic rings. The van der Waals surface area contributed by atoms with Gasteiger partial charge in [0, 0.05) is 5.69 Å². The van der Waals surface area contributed by atoms with E-state index in [4.69, 9.17) is 0 Å². The first-order valence-electron chi connectivity index (χ1n) is 6.24. The molecular formula is C15H11NO4S. The summed E-state index contributed by atoms with van der Waals surface area (Å²) < 4.78 is 23.3. The largest absolute Gasteiger partial charge is 0.480 e. The molecule has 0 amide bonds. The summed E-state index contributed by atoms with van der Waals surface area (Å²) in [6, 6.07) is 15.7. The molecule has 0 radical (unpaired) electrons. The molecule has 0 aliphatic carbocycles. The van der Waals surface area contributed by atoms with E-state index in [9.17, 15) is 18.3 Å². The fourth-order valence-corrected chi connectivity index (χ4v) is 3.34. The van der Waals surface area contributed by atoms with Gasteiger partial charge >= 0.3 is 5.97 Å². The third-order valence-corrected chi connectivity index (χ3v) is 4.15. The van der Waals surface area contributed by atoms with Gasteiger partial charge in [-0.2, -0.15) is 8.42 Å². The fourth-order valence-electron chi connectivity index (χ4n) is 2.57. The standard InChI is InChI=1S/C15H11NO4S/c17-15(18)13-11-8-4-5-9-12(11)16(14(13)21(19)20)10-6-2-1-3-7-10/h1-9,13H,(H,17,18). The molecule has 0 aromatic heterocycles. The van der Waals surface area contributed by atoms with Gasteiger partial charge in [-0.15, -0.1) is 0 Å². The van der Waals surface area contributed by atoms with Crippen molar-refractivity contribution >= 4 is 32.6 Å². The van der Waals surface area contributed by atoms with Crippen LogP contribution in [-0.2, 0) is 15.1 Å². The molecule has 1 heterocycles. The van der Waals surface area contributed by atoms with E-state index in [1.54, 1.807) is 48.5 Å². The first-order valence-corrected chi connectivity index (χ1v) is 7.31. The number of para-hydroxylation sites is 2. The van der Waals surface area contributed by atoms with Crippen LogP contribution in [0.4, 0.5) is 11.4 Å². The van der Waals surface area contributed by atoms with Gasteiger partial charge in [-0.1, -0.05) is 36.4 Å². The average molecular weight is 301 g/mol. The predicted molar refractivity (Wildman–Crippen MR) is 79.3 cm³/mol. The Morgan fingerprint density at radius 3 is 2.24 bits per heavy atom. The summed E-state index contributed by atoms with van der Waals surface area (Å²) in [5.74, 6) is -2.36. The maximum absolute atomic E-state index is 11.6. The maximum Gasteiger partial charge on any atom is 0.318 e. The number of carboxylic acids is 1. The van der Waals surface area contributed by atoms with Gasteiger partial charge in [-0.3, -0.25) is 9.69 Å². The Bertz CT molecular complexity index is 835. The predicted octanol–water partition coefficient (Wildman–Crippen LogP) is 2.02. The van der Waals surface area contributed by atoms with Crippen molar-refractivity contribution in [1.82, 2.24) is 0 Å². The van der Waals surface area contributed by atoms with E-state index >= 15 is 0 Å². The molecule has 0 fully saturated rings. The summed E-state index contributed by atoms with van der Waals surface area (Å²) in [7, 11) is -2.64. The molecule has 1 aliphatic heterocycles. The molecule has 5 nitrogen and oxygen atoms in total. The highest BCUT2D eigenvalue weighted by Gasteiger charge is 2.41. The van der Waals surface area contributed by atoms with E-state index in [0.717, 1.165) is 0 Å². The van der Waals surface area contributed by atoms with Crippen molar-refractivity contribution in [2.24, 2.45) is 0 Å². The third-order valence-electron chi connectivity index (χ3n) is 3.39. The Morgan fingerprint density at radius 2 is 1.62 bits per heavy atom. The van der Waals surface area contributed by atoms with Gasteiger partial charge in [0.2, 0.25) is 10.3 Å². The quantitative estimate of drug-likeness (QED) is 0.859. The molecule has 1 atom stereocenters. The molecular weight excluding hydrogens is 290 g/mol. The number of carboxylic acid groups (broad SMARTS) is 1. The molecule has 2 aromatic rings. The van der Waals surface area contributed by atoms with Crippen LogP contribution in [0, 0.1) is 0 Å². The van der Waals surface area contributed by atoms with E-state index in [1.807, 2.05) is 6.07 Å². The fraction of sp³-hybridized carbons (Fsp3) is 0.0667. The van der Waals surface area contributed by atoms with E-state index < -0.39 is 22.2 Å². The van der Waals surface area contributed by atoms with Crippen molar-refractivity contribution in [2.45, 2.75) is 5.92 Å². The number of carbonyl (C=O) groups is 1. The zero-order valence-electron chi connectivity index (χ0n) is 10.8. The van der Waals surface area contributed by atoms with Gasteiger partial charge in [0.05, 0.1) is 5.69 Å². The van der Waals surface area contributed by atoms with E-state index in [1.165, 1.54) is 4.90 Å². The van der Waals surface area contributed by atoms with Crippen LogP contribution in [0.3, 0.4) is 0 Å². The van der Waals surface area contributed by atoms with Crippen LogP contribution in [-0.4, -0.2) is 24.5 Å². The molecule has 0 bridgehead atoms. The lowest BCUT2D eigenvalue weighted by Gasteiger charge is -2.19. The monoisotopic (exact) mass is 301 g/mol. The van der Waals surface area contributed by atoms with Crippen molar-refractivity contribution in [2.75, 3.05) is 4.90 Å². The highest BCUT2D eigenvalue weighted by atomic mass is 32.2. The smallest absolute Gasteiger partial charge is 0.318 e. The highest BCUT2D eigenvalue weighted by Crippen LogP contribution is 2.42. The minimum absolute atomic E-state index is 0.157. The molecule has 0 saturated heterocycles. The van der Waals surface area contributed by atoms with Gasteiger partial charge < -0.3 is 5.11 Å². The van der Waals surface area contributed by atoms with Crippen molar-refractivity contribution in [3.05, 3.63) is 60.2 Å². The number of nitrogens with zero attached hydrogens (tertiary/aromatic N) is 1.